The van der Waals surface area contributed by atoms with Gasteiger partial charge in [0.2, 0.25) is 0 Å². The zero-order valence-corrected chi connectivity index (χ0v) is 24.7. The highest BCUT2D eigenvalue weighted by Gasteiger charge is 2.32. The second-order valence-electron chi connectivity index (χ2n) is 11.1. The van der Waals surface area contributed by atoms with Gasteiger partial charge in [-0.05, 0) is 58.4 Å². The number of hydrogen-bond acceptors (Lipinski definition) is 3. The molecule has 0 N–H and O–H groups in total. The van der Waals surface area contributed by atoms with Crippen LogP contribution < -0.4 is 0 Å². The van der Waals surface area contributed by atoms with Gasteiger partial charge in [-0.3, -0.25) is 0 Å². The first-order valence-corrected chi connectivity index (χ1v) is 16.0. The van der Waals surface area contributed by atoms with Crippen LogP contribution in [0.4, 0.5) is 0 Å². The van der Waals surface area contributed by atoms with Gasteiger partial charge in [-0.2, -0.15) is 0 Å². The van der Waals surface area contributed by atoms with Crippen LogP contribution in [0.2, 0.25) is 0 Å². The highest BCUT2D eigenvalue weighted by atomic mass is 16.5. The van der Waals surface area contributed by atoms with Crippen molar-refractivity contribution < 1.29 is 9.47 Å². The zero-order chi connectivity index (χ0) is 25.9. The predicted octanol–water partition coefficient (Wildman–Crippen LogP) is 9.66. The third-order valence-electron chi connectivity index (χ3n) is 7.37. The van der Waals surface area contributed by atoms with Crippen LogP contribution >= 0.6 is 0 Å². The molecule has 0 saturated carbocycles. The number of nitrogens with zero attached hydrogens (tertiary/aromatic N) is 1. The van der Waals surface area contributed by atoms with Crippen molar-refractivity contribution in [3.63, 3.8) is 0 Å². The van der Waals surface area contributed by atoms with E-state index in [-0.39, 0.29) is 12.2 Å². The van der Waals surface area contributed by atoms with Crippen LogP contribution in [0.5, 0.6) is 0 Å². The summed E-state index contributed by atoms with van der Waals surface area (Å²) in [4.78, 5) is 2.36. The molecular weight excluding hydrogens is 442 g/mol. The van der Waals surface area contributed by atoms with Crippen LogP contribution in [0, 0.1) is 0 Å². The Hall–Kier alpha value is -0.640. The molecule has 1 fully saturated rings. The van der Waals surface area contributed by atoms with E-state index in [1.807, 2.05) is 0 Å². The fourth-order valence-electron chi connectivity index (χ4n) is 4.97. The van der Waals surface area contributed by atoms with Crippen LogP contribution in [-0.2, 0) is 9.47 Å². The molecule has 0 aromatic rings. The van der Waals surface area contributed by atoms with Gasteiger partial charge in [-0.1, -0.05) is 115 Å². The number of likely N-dealkylation sites (N-methyl/N-ethyl adjacent to an activating group) is 1. The number of ether oxygens (including phenoxy) is 2. The minimum atomic E-state index is 0.264. The van der Waals surface area contributed by atoms with Crippen LogP contribution in [0.1, 0.15) is 142 Å². The standard InChI is InChI=1S/C33H63NO2/c1-4-6-8-10-12-14-16-18-20-22-24-26-28-35-32-30-34(3)31-33(32)36-29-27-25-23-21-19-17-15-13-11-9-7-5-2/h10-13,32-33H,4-9,14-31H2,1-3H3/b12-10-,13-11-/t32-,33?/m1/s1. The topological polar surface area (TPSA) is 21.7 Å². The Labute approximate surface area is 226 Å². The predicted molar refractivity (Wildman–Crippen MR) is 159 cm³/mol. The molecule has 3 heteroatoms. The van der Waals surface area contributed by atoms with Gasteiger partial charge < -0.3 is 14.4 Å². The molecule has 3 nitrogen and oxygen atoms in total. The van der Waals surface area contributed by atoms with E-state index in [0.717, 1.165) is 26.3 Å². The molecule has 0 bridgehead atoms. The Balaban J connectivity index is 1.92. The number of allylic oxidation sites excluding steroid dienone is 4. The zero-order valence-electron chi connectivity index (χ0n) is 24.7. The fourth-order valence-corrected chi connectivity index (χ4v) is 4.97. The lowest BCUT2D eigenvalue weighted by atomic mass is 10.1. The highest BCUT2D eigenvalue weighted by molar-refractivity contribution is 4.84. The van der Waals surface area contributed by atoms with Gasteiger partial charge in [-0.25, -0.2) is 0 Å². The minimum Gasteiger partial charge on any atom is -0.374 e. The molecular formula is C33H63NO2. The average Bonchev–Trinajstić information content (AvgIpc) is 3.23. The quantitative estimate of drug-likeness (QED) is 0.0862. The Morgan fingerprint density at radius 3 is 1.22 bits per heavy atom. The van der Waals surface area contributed by atoms with Gasteiger partial charge in [0.25, 0.3) is 0 Å². The van der Waals surface area contributed by atoms with Gasteiger partial charge >= 0.3 is 0 Å². The molecule has 1 aliphatic heterocycles. The van der Waals surface area contributed by atoms with E-state index in [4.69, 9.17) is 9.47 Å². The smallest absolute Gasteiger partial charge is 0.0975 e. The molecule has 0 radical (unpaired) electrons. The third-order valence-corrected chi connectivity index (χ3v) is 7.37. The SMILES string of the molecule is CCCC/C=C\CCCCCCCCOC1CN(C)C[C@H]1OCCCCCCCC/C=C\CCCC. The van der Waals surface area contributed by atoms with E-state index in [9.17, 15) is 0 Å². The molecule has 1 saturated heterocycles. The average molecular weight is 506 g/mol. The molecule has 0 amide bonds. The maximum atomic E-state index is 6.26. The summed E-state index contributed by atoms with van der Waals surface area (Å²) >= 11 is 0. The second-order valence-corrected chi connectivity index (χ2v) is 11.1. The third kappa shape index (κ3) is 20.4. The number of likely N-dealkylation sites (tertiary alicyclic amines) is 1. The summed E-state index contributed by atoms with van der Waals surface area (Å²) in [7, 11) is 2.19. The first kappa shape index (κ1) is 33.4. The van der Waals surface area contributed by atoms with Crippen molar-refractivity contribution in [1.82, 2.24) is 4.90 Å². The first-order valence-electron chi connectivity index (χ1n) is 16.0. The molecule has 2 atom stereocenters. The van der Waals surface area contributed by atoms with Gasteiger partial charge in [-0.15, -0.1) is 0 Å². The van der Waals surface area contributed by atoms with Crippen molar-refractivity contribution >= 4 is 0 Å². The molecule has 1 heterocycles. The molecule has 0 spiro atoms. The van der Waals surface area contributed by atoms with Gasteiger partial charge in [0.05, 0.1) is 12.2 Å². The summed E-state index contributed by atoms with van der Waals surface area (Å²) < 4.78 is 12.5. The minimum absolute atomic E-state index is 0.264. The molecule has 36 heavy (non-hydrogen) atoms. The molecule has 212 valence electrons. The normalized spacial score (nSPS) is 18.9. The number of unbranched alkanes of at least 4 members (excludes halogenated alkanes) is 16. The van der Waals surface area contributed by atoms with Crippen molar-refractivity contribution in [2.24, 2.45) is 0 Å². The summed E-state index contributed by atoms with van der Waals surface area (Å²) in [5.41, 5.74) is 0. The lowest BCUT2D eigenvalue weighted by Gasteiger charge is -2.20. The van der Waals surface area contributed by atoms with Crippen molar-refractivity contribution in [2.75, 3.05) is 33.4 Å². The molecule has 0 aliphatic carbocycles. The maximum absolute atomic E-state index is 6.26. The fraction of sp³-hybridized carbons (Fsp3) is 0.879. The monoisotopic (exact) mass is 505 g/mol. The Morgan fingerprint density at radius 1 is 0.500 bits per heavy atom. The largest absolute Gasteiger partial charge is 0.374 e. The second kappa shape index (κ2) is 26.0. The molecule has 0 aromatic carbocycles. The van der Waals surface area contributed by atoms with Crippen molar-refractivity contribution in [1.29, 1.82) is 0 Å². The Kier molecular flexibility index (Phi) is 24.1. The lowest BCUT2D eigenvalue weighted by Crippen LogP contribution is -2.30. The van der Waals surface area contributed by atoms with Crippen LogP contribution in [0.25, 0.3) is 0 Å². The maximum Gasteiger partial charge on any atom is 0.0975 e. The van der Waals surface area contributed by atoms with Crippen molar-refractivity contribution in [2.45, 2.75) is 154 Å². The van der Waals surface area contributed by atoms with E-state index < -0.39 is 0 Å². The Morgan fingerprint density at radius 2 is 0.833 bits per heavy atom. The summed E-state index contributed by atoms with van der Waals surface area (Å²) in [6.45, 7) is 8.35. The first-order chi connectivity index (χ1) is 17.8. The lowest BCUT2D eigenvalue weighted by molar-refractivity contribution is -0.0481. The van der Waals surface area contributed by atoms with E-state index >= 15 is 0 Å². The van der Waals surface area contributed by atoms with Crippen LogP contribution in [0.15, 0.2) is 24.3 Å². The van der Waals surface area contributed by atoms with Crippen molar-refractivity contribution in [3.05, 3.63) is 24.3 Å². The van der Waals surface area contributed by atoms with E-state index in [2.05, 4.69) is 50.1 Å². The number of rotatable bonds is 26. The van der Waals surface area contributed by atoms with E-state index in [1.54, 1.807) is 0 Å². The van der Waals surface area contributed by atoms with Crippen molar-refractivity contribution in [3.8, 4) is 0 Å². The highest BCUT2D eigenvalue weighted by Crippen LogP contribution is 2.17. The summed E-state index contributed by atoms with van der Waals surface area (Å²) in [6.07, 6.45) is 36.2. The van der Waals surface area contributed by atoms with E-state index in [0.29, 0.717) is 0 Å². The van der Waals surface area contributed by atoms with Gasteiger partial charge in [0, 0.05) is 26.3 Å². The molecule has 0 aromatic heterocycles. The van der Waals surface area contributed by atoms with Gasteiger partial charge in [0.15, 0.2) is 0 Å². The van der Waals surface area contributed by atoms with E-state index in [1.165, 1.54) is 128 Å². The molecule has 1 unspecified atom stereocenters. The summed E-state index contributed by atoms with van der Waals surface area (Å²) in [5.74, 6) is 0. The molecule has 1 rings (SSSR count). The van der Waals surface area contributed by atoms with Crippen LogP contribution in [-0.4, -0.2) is 50.5 Å². The summed E-state index contributed by atoms with van der Waals surface area (Å²) in [6, 6.07) is 0. The molecule has 1 aliphatic rings. The van der Waals surface area contributed by atoms with Crippen LogP contribution in [0.3, 0.4) is 0 Å². The number of hydrogen-bond donors (Lipinski definition) is 0. The van der Waals surface area contributed by atoms with Gasteiger partial charge in [0.1, 0.15) is 0 Å². The Bertz CT molecular complexity index is 460. The summed E-state index contributed by atoms with van der Waals surface area (Å²) in [5, 5.41) is 0.